The van der Waals surface area contributed by atoms with E-state index in [4.69, 9.17) is 9.72 Å². The Morgan fingerprint density at radius 3 is 2.91 bits per heavy atom. The van der Waals surface area contributed by atoms with Crippen LogP contribution in [0.3, 0.4) is 0 Å². The van der Waals surface area contributed by atoms with E-state index < -0.39 is 5.82 Å². The van der Waals surface area contributed by atoms with E-state index in [9.17, 15) is 4.39 Å². The maximum absolute atomic E-state index is 13.8. The minimum absolute atomic E-state index is 0.168. The molecule has 4 aromatic heterocycles. The van der Waals surface area contributed by atoms with Crippen molar-refractivity contribution in [2.75, 3.05) is 12.4 Å². The molecule has 1 aliphatic carbocycles. The van der Waals surface area contributed by atoms with Crippen molar-refractivity contribution in [1.82, 2.24) is 24.9 Å². The van der Waals surface area contributed by atoms with Crippen molar-refractivity contribution in [3.8, 4) is 17.1 Å². The fourth-order valence-electron chi connectivity index (χ4n) is 4.62. The Kier molecular flexibility index (Phi) is 4.64. The SMILES string of the molecule is COc1ccnc2c(NC3CCc4[nH]c5ccccc5c4C3)nc(-c3cncc(F)c3)nc12. The minimum atomic E-state index is -0.442. The van der Waals surface area contributed by atoms with E-state index in [2.05, 4.69) is 49.5 Å². The van der Waals surface area contributed by atoms with E-state index in [1.165, 1.54) is 28.2 Å². The predicted molar refractivity (Wildman–Crippen MR) is 125 cm³/mol. The minimum Gasteiger partial charge on any atom is -0.494 e. The highest BCUT2D eigenvalue weighted by Gasteiger charge is 2.24. The molecule has 33 heavy (non-hydrogen) atoms. The molecular formula is C25H21FN6O. The second-order valence-electron chi connectivity index (χ2n) is 8.21. The van der Waals surface area contributed by atoms with Crippen LogP contribution in [0.2, 0.25) is 0 Å². The average Bonchev–Trinajstić information content (AvgIpc) is 3.21. The quantitative estimate of drug-likeness (QED) is 0.422. The molecule has 0 saturated carbocycles. The van der Waals surface area contributed by atoms with Crippen LogP contribution in [-0.2, 0) is 12.8 Å². The van der Waals surface area contributed by atoms with Gasteiger partial charge in [0.15, 0.2) is 11.6 Å². The van der Waals surface area contributed by atoms with Gasteiger partial charge in [0, 0.05) is 46.7 Å². The number of methoxy groups -OCH3 is 1. The number of hydrogen-bond donors (Lipinski definition) is 2. The average molecular weight is 440 g/mol. The number of halogens is 1. The summed E-state index contributed by atoms with van der Waals surface area (Å²) in [5.74, 6) is 1.11. The Bertz CT molecular complexity index is 1500. The van der Waals surface area contributed by atoms with E-state index in [1.54, 1.807) is 25.6 Å². The lowest BCUT2D eigenvalue weighted by molar-refractivity contribution is 0.418. The predicted octanol–water partition coefficient (Wildman–Crippen LogP) is 4.69. The van der Waals surface area contributed by atoms with Gasteiger partial charge in [0.05, 0.1) is 13.3 Å². The first-order valence-electron chi connectivity index (χ1n) is 10.9. The van der Waals surface area contributed by atoms with E-state index >= 15 is 0 Å². The Morgan fingerprint density at radius 1 is 1.12 bits per heavy atom. The number of ether oxygens (including phenoxy) is 1. The van der Waals surface area contributed by atoms with Crippen molar-refractivity contribution < 1.29 is 9.13 Å². The molecule has 1 unspecified atom stereocenters. The third kappa shape index (κ3) is 3.44. The molecular weight excluding hydrogens is 419 g/mol. The first-order valence-corrected chi connectivity index (χ1v) is 10.9. The van der Waals surface area contributed by atoms with Crippen LogP contribution in [0, 0.1) is 5.82 Å². The molecule has 0 saturated heterocycles. The van der Waals surface area contributed by atoms with Crippen LogP contribution in [-0.4, -0.2) is 38.1 Å². The first kappa shape index (κ1) is 19.6. The van der Waals surface area contributed by atoms with Crippen LogP contribution in [0.4, 0.5) is 10.2 Å². The van der Waals surface area contributed by atoms with Gasteiger partial charge >= 0.3 is 0 Å². The fourth-order valence-corrected chi connectivity index (χ4v) is 4.62. The second-order valence-corrected chi connectivity index (χ2v) is 8.21. The van der Waals surface area contributed by atoms with Crippen LogP contribution >= 0.6 is 0 Å². The van der Waals surface area contributed by atoms with Gasteiger partial charge in [-0.3, -0.25) is 9.97 Å². The molecule has 6 rings (SSSR count). The molecule has 0 aliphatic heterocycles. The standard InChI is InChI=1S/C25H21FN6O/c1-33-21-8-9-28-23-22(21)31-24(14-10-15(26)13-27-12-14)32-25(23)29-16-6-7-20-18(11-16)17-4-2-3-5-19(17)30-20/h2-5,8-10,12-13,16,30H,6-7,11H2,1H3,(H,29,31,32). The zero-order valence-corrected chi connectivity index (χ0v) is 18.0. The van der Waals surface area contributed by atoms with E-state index in [0.29, 0.717) is 34.0 Å². The molecule has 1 atom stereocenters. The summed E-state index contributed by atoms with van der Waals surface area (Å²) in [5.41, 5.74) is 5.49. The molecule has 164 valence electrons. The van der Waals surface area contributed by atoms with Gasteiger partial charge in [0.1, 0.15) is 22.6 Å². The molecule has 1 aliphatic rings. The molecule has 5 aromatic rings. The summed E-state index contributed by atoms with van der Waals surface area (Å²) in [7, 11) is 1.59. The van der Waals surface area contributed by atoms with Gasteiger partial charge < -0.3 is 15.0 Å². The van der Waals surface area contributed by atoms with E-state index in [1.807, 2.05) is 0 Å². The molecule has 4 heterocycles. The van der Waals surface area contributed by atoms with Crippen molar-refractivity contribution >= 4 is 27.8 Å². The number of nitrogens with one attached hydrogen (secondary N) is 2. The molecule has 0 radical (unpaired) electrons. The third-order valence-corrected chi connectivity index (χ3v) is 6.17. The Balaban J connectivity index is 1.42. The number of fused-ring (bicyclic) bond motifs is 4. The number of hydrogen-bond acceptors (Lipinski definition) is 6. The van der Waals surface area contributed by atoms with Gasteiger partial charge in [0.25, 0.3) is 0 Å². The number of aromatic amines is 1. The summed E-state index contributed by atoms with van der Waals surface area (Å²) < 4.78 is 19.4. The van der Waals surface area contributed by atoms with Gasteiger partial charge in [-0.1, -0.05) is 18.2 Å². The summed E-state index contributed by atoms with van der Waals surface area (Å²) in [6, 6.07) is 11.7. The number of aryl methyl sites for hydroxylation is 1. The molecule has 8 heteroatoms. The monoisotopic (exact) mass is 440 g/mol. The molecule has 1 aromatic carbocycles. The van der Waals surface area contributed by atoms with E-state index in [-0.39, 0.29) is 6.04 Å². The lowest BCUT2D eigenvalue weighted by atomic mass is 9.91. The lowest BCUT2D eigenvalue weighted by Gasteiger charge is -2.25. The van der Waals surface area contributed by atoms with Crippen molar-refractivity contribution in [3.05, 3.63) is 72.1 Å². The molecule has 0 amide bonds. The summed E-state index contributed by atoms with van der Waals surface area (Å²) in [5, 5.41) is 4.86. The van der Waals surface area contributed by atoms with Crippen LogP contribution < -0.4 is 10.1 Å². The number of nitrogens with zero attached hydrogens (tertiary/aromatic N) is 4. The van der Waals surface area contributed by atoms with Gasteiger partial charge in [-0.05, 0) is 37.0 Å². The second kappa shape index (κ2) is 7.81. The first-order chi connectivity index (χ1) is 16.2. The van der Waals surface area contributed by atoms with Crippen molar-refractivity contribution in [2.24, 2.45) is 0 Å². The number of benzene rings is 1. The number of rotatable bonds is 4. The molecule has 7 nitrogen and oxygen atoms in total. The van der Waals surface area contributed by atoms with Crippen LogP contribution in [0.15, 0.2) is 55.0 Å². The Labute approximate surface area is 189 Å². The van der Waals surface area contributed by atoms with Gasteiger partial charge in [0.2, 0.25) is 0 Å². The summed E-state index contributed by atoms with van der Waals surface area (Å²) in [4.78, 5) is 21.4. The van der Waals surface area contributed by atoms with Crippen LogP contribution in [0.25, 0.3) is 33.3 Å². The number of H-pyrrole nitrogens is 1. The summed E-state index contributed by atoms with van der Waals surface area (Å²) in [6.07, 6.45) is 7.15. The van der Waals surface area contributed by atoms with Crippen LogP contribution in [0.5, 0.6) is 5.75 Å². The number of para-hydroxylation sites is 1. The summed E-state index contributed by atoms with van der Waals surface area (Å²) in [6.45, 7) is 0. The number of anilines is 1. The summed E-state index contributed by atoms with van der Waals surface area (Å²) >= 11 is 0. The lowest BCUT2D eigenvalue weighted by Crippen LogP contribution is -2.28. The maximum Gasteiger partial charge on any atom is 0.164 e. The molecule has 2 N–H and O–H groups in total. The fraction of sp³-hybridized carbons (Fsp3) is 0.200. The molecule has 0 bridgehead atoms. The Hall–Kier alpha value is -4.07. The highest BCUT2D eigenvalue weighted by molar-refractivity contribution is 5.91. The smallest absolute Gasteiger partial charge is 0.164 e. The normalized spacial score (nSPS) is 15.5. The van der Waals surface area contributed by atoms with Gasteiger partial charge in [-0.2, -0.15) is 0 Å². The molecule has 0 spiro atoms. The van der Waals surface area contributed by atoms with Crippen LogP contribution in [0.1, 0.15) is 17.7 Å². The van der Waals surface area contributed by atoms with Crippen molar-refractivity contribution in [1.29, 1.82) is 0 Å². The highest BCUT2D eigenvalue weighted by atomic mass is 19.1. The van der Waals surface area contributed by atoms with E-state index in [0.717, 1.165) is 25.5 Å². The third-order valence-electron chi connectivity index (χ3n) is 6.17. The van der Waals surface area contributed by atoms with Gasteiger partial charge in [-0.25, -0.2) is 14.4 Å². The zero-order chi connectivity index (χ0) is 22.4. The van der Waals surface area contributed by atoms with Crippen molar-refractivity contribution in [3.63, 3.8) is 0 Å². The van der Waals surface area contributed by atoms with Crippen molar-refractivity contribution in [2.45, 2.75) is 25.3 Å². The number of aromatic nitrogens is 5. The van der Waals surface area contributed by atoms with Gasteiger partial charge in [-0.15, -0.1) is 0 Å². The molecule has 0 fully saturated rings. The number of pyridine rings is 2. The highest BCUT2D eigenvalue weighted by Crippen LogP contribution is 2.33. The Morgan fingerprint density at radius 2 is 2.03 bits per heavy atom. The zero-order valence-electron chi connectivity index (χ0n) is 18.0. The maximum atomic E-state index is 13.8. The largest absolute Gasteiger partial charge is 0.494 e. The topological polar surface area (TPSA) is 88.6 Å².